The van der Waals surface area contributed by atoms with Crippen LogP contribution in [0.15, 0.2) is 53.7 Å². The zero-order valence-electron chi connectivity index (χ0n) is 15.0. The summed E-state index contributed by atoms with van der Waals surface area (Å²) >= 11 is 0. The van der Waals surface area contributed by atoms with E-state index < -0.39 is 0 Å². The quantitative estimate of drug-likeness (QED) is 0.412. The van der Waals surface area contributed by atoms with Crippen molar-refractivity contribution in [3.05, 3.63) is 59.9 Å². The molecule has 1 aliphatic rings. The van der Waals surface area contributed by atoms with E-state index in [0.29, 0.717) is 0 Å². The van der Waals surface area contributed by atoms with Gasteiger partial charge in [-0.25, -0.2) is 5.43 Å². The third kappa shape index (κ3) is 4.17. The third-order valence-corrected chi connectivity index (χ3v) is 5.03. The standard InChI is InChI=1S/C20H27N5/c1-21-19(25-22-2)14-20(10-6-11-20)16-7-5-9-17(13-16)24-15-18-8-3-4-12-23-18/h3-5,7-9,12-13,22,24H,6,10-11,14-15H2,1-2H3,(H,21,25). The van der Waals surface area contributed by atoms with E-state index in [2.05, 4.69) is 50.4 Å². The predicted molar refractivity (Wildman–Crippen MR) is 104 cm³/mol. The molecular formula is C20H27N5. The average molecular weight is 337 g/mol. The van der Waals surface area contributed by atoms with Crippen LogP contribution in [-0.4, -0.2) is 24.9 Å². The summed E-state index contributed by atoms with van der Waals surface area (Å²) in [5.74, 6) is 1.01. The van der Waals surface area contributed by atoms with Gasteiger partial charge in [-0.1, -0.05) is 24.6 Å². The highest BCUT2D eigenvalue weighted by molar-refractivity contribution is 5.83. The van der Waals surface area contributed by atoms with Crippen LogP contribution in [0.3, 0.4) is 0 Å². The first-order valence-electron chi connectivity index (χ1n) is 8.88. The molecule has 3 N–H and O–H groups in total. The largest absolute Gasteiger partial charge is 0.379 e. The van der Waals surface area contributed by atoms with Crippen molar-refractivity contribution < 1.29 is 0 Å². The molecule has 1 aliphatic carbocycles. The van der Waals surface area contributed by atoms with Crippen molar-refractivity contribution in [2.24, 2.45) is 4.99 Å². The van der Waals surface area contributed by atoms with Crippen molar-refractivity contribution in [2.45, 2.75) is 37.6 Å². The molecule has 0 spiro atoms. The van der Waals surface area contributed by atoms with Crippen LogP contribution in [0.5, 0.6) is 0 Å². The molecule has 1 aromatic carbocycles. The highest BCUT2D eigenvalue weighted by Gasteiger charge is 2.39. The van der Waals surface area contributed by atoms with Crippen LogP contribution in [0, 0.1) is 0 Å². The summed E-state index contributed by atoms with van der Waals surface area (Å²) in [5.41, 5.74) is 9.93. The van der Waals surface area contributed by atoms with Crippen LogP contribution in [0.2, 0.25) is 0 Å². The number of pyridine rings is 1. The van der Waals surface area contributed by atoms with Gasteiger partial charge in [0, 0.05) is 37.8 Å². The second kappa shape index (κ2) is 8.12. The fourth-order valence-corrected chi connectivity index (χ4v) is 3.47. The summed E-state index contributed by atoms with van der Waals surface area (Å²) in [5, 5.41) is 3.49. The summed E-state index contributed by atoms with van der Waals surface area (Å²) in [7, 11) is 3.72. The fourth-order valence-electron chi connectivity index (χ4n) is 3.47. The van der Waals surface area contributed by atoms with E-state index in [4.69, 9.17) is 0 Å². The number of benzene rings is 1. The lowest BCUT2D eigenvalue weighted by molar-refractivity contribution is 0.251. The number of aromatic nitrogens is 1. The zero-order valence-corrected chi connectivity index (χ0v) is 15.0. The Labute approximate surface area is 150 Å². The highest BCUT2D eigenvalue weighted by atomic mass is 15.4. The second-order valence-electron chi connectivity index (χ2n) is 6.61. The van der Waals surface area contributed by atoms with Crippen LogP contribution >= 0.6 is 0 Å². The Balaban J connectivity index is 1.73. The van der Waals surface area contributed by atoms with Gasteiger partial charge in [-0.05, 0) is 42.7 Å². The Hall–Kier alpha value is -2.40. The number of hydrogen-bond acceptors (Lipinski definition) is 4. The Morgan fingerprint density at radius 1 is 1.20 bits per heavy atom. The van der Waals surface area contributed by atoms with Crippen LogP contribution in [0.4, 0.5) is 5.69 Å². The van der Waals surface area contributed by atoms with Gasteiger partial charge in [0.1, 0.15) is 5.84 Å². The average Bonchev–Trinajstić information content (AvgIpc) is 2.63. The van der Waals surface area contributed by atoms with Gasteiger partial charge in [0.05, 0.1) is 12.2 Å². The Bertz CT molecular complexity index is 707. The van der Waals surface area contributed by atoms with Crippen LogP contribution in [0.1, 0.15) is 36.9 Å². The Morgan fingerprint density at radius 3 is 2.72 bits per heavy atom. The van der Waals surface area contributed by atoms with Gasteiger partial charge in [0.15, 0.2) is 0 Å². The SMILES string of the molecule is CN=C(CC1(c2cccc(NCc3ccccn3)c2)CCC1)NNC. The molecule has 0 saturated heterocycles. The zero-order chi connectivity index (χ0) is 17.5. The molecule has 1 aromatic heterocycles. The van der Waals surface area contributed by atoms with E-state index in [0.717, 1.165) is 30.2 Å². The minimum atomic E-state index is 0.196. The molecule has 1 saturated carbocycles. The molecule has 0 radical (unpaired) electrons. The number of anilines is 1. The van der Waals surface area contributed by atoms with Crippen molar-refractivity contribution in [1.82, 2.24) is 15.8 Å². The summed E-state index contributed by atoms with van der Waals surface area (Å²) < 4.78 is 0. The first kappa shape index (κ1) is 17.4. The molecular weight excluding hydrogens is 310 g/mol. The van der Waals surface area contributed by atoms with Crippen molar-refractivity contribution >= 4 is 11.5 Å². The van der Waals surface area contributed by atoms with Crippen LogP contribution in [-0.2, 0) is 12.0 Å². The molecule has 5 heteroatoms. The Kier molecular flexibility index (Phi) is 5.66. The molecule has 25 heavy (non-hydrogen) atoms. The molecule has 0 aliphatic heterocycles. The molecule has 2 aromatic rings. The molecule has 1 fully saturated rings. The fraction of sp³-hybridized carbons (Fsp3) is 0.400. The number of hydrazine groups is 1. The van der Waals surface area contributed by atoms with Crippen molar-refractivity contribution in [1.29, 1.82) is 0 Å². The number of amidine groups is 1. The number of nitrogens with zero attached hydrogens (tertiary/aromatic N) is 2. The maximum Gasteiger partial charge on any atom is 0.111 e. The van der Waals surface area contributed by atoms with E-state index >= 15 is 0 Å². The van der Waals surface area contributed by atoms with Crippen molar-refractivity contribution in [2.75, 3.05) is 19.4 Å². The molecule has 0 bridgehead atoms. The summed E-state index contributed by atoms with van der Waals surface area (Å²) in [6, 6.07) is 14.8. The molecule has 0 unspecified atom stereocenters. The van der Waals surface area contributed by atoms with E-state index in [1.54, 1.807) is 0 Å². The van der Waals surface area contributed by atoms with Crippen LogP contribution < -0.4 is 16.2 Å². The summed E-state index contributed by atoms with van der Waals surface area (Å²) in [6.07, 6.45) is 6.47. The van der Waals surface area contributed by atoms with Gasteiger partial charge in [-0.15, -0.1) is 0 Å². The monoisotopic (exact) mass is 337 g/mol. The van der Waals surface area contributed by atoms with E-state index in [1.807, 2.05) is 38.5 Å². The van der Waals surface area contributed by atoms with Gasteiger partial charge >= 0.3 is 0 Å². The molecule has 132 valence electrons. The molecule has 1 heterocycles. The van der Waals surface area contributed by atoms with Crippen molar-refractivity contribution in [3.8, 4) is 0 Å². The molecule has 0 amide bonds. The van der Waals surface area contributed by atoms with E-state index in [9.17, 15) is 0 Å². The van der Waals surface area contributed by atoms with Gasteiger partial charge in [0.25, 0.3) is 0 Å². The van der Waals surface area contributed by atoms with E-state index in [1.165, 1.54) is 24.8 Å². The van der Waals surface area contributed by atoms with Gasteiger partial charge in [0.2, 0.25) is 0 Å². The lowest BCUT2D eigenvalue weighted by atomic mass is 9.62. The minimum Gasteiger partial charge on any atom is -0.379 e. The second-order valence-corrected chi connectivity index (χ2v) is 6.61. The number of rotatable bonds is 7. The smallest absolute Gasteiger partial charge is 0.111 e. The normalized spacial score (nSPS) is 16.2. The molecule has 5 nitrogen and oxygen atoms in total. The lowest BCUT2D eigenvalue weighted by Gasteiger charge is -2.43. The number of hydrogen-bond donors (Lipinski definition) is 3. The third-order valence-electron chi connectivity index (χ3n) is 5.03. The maximum atomic E-state index is 4.39. The number of nitrogens with one attached hydrogen (secondary N) is 3. The van der Waals surface area contributed by atoms with Crippen molar-refractivity contribution in [3.63, 3.8) is 0 Å². The highest BCUT2D eigenvalue weighted by Crippen LogP contribution is 2.47. The molecule has 0 atom stereocenters. The van der Waals surface area contributed by atoms with Gasteiger partial charge in [-0.2, -0.15) is 0 Å². The van der Waals surface area contributed by atoms with Gasteiger partial charge in [-0.3, -0.25) is 9.98 Å². The molecule has 3 rings (SSSR count). The number of aliphatic imine (C=N–C) groups is 1. The minimum absolute atomic E-state index is 0.196. The summed E-state index contributed by atoms with van der Waals surface area (Å²) in [6.45, 7) is 0.736. The first-order chi connectivity index (χ1) is 12.3. The maximum absolute atomic E-state index is 4.39. The van der Waals surface area contributed by atoms with Crippen LogP contribution in [0.25, 0.3) is 0 Å². The predicted octanol–water partition coefficient (Wildman–Crippen LogP) is 3.26. The summed E-state index contributed by atoms with van der Waals surface area (Å²) in [4.78, 5) is 8.76. The van der Waals surface area contributed by atoms with E-state index in [-0.39, 0.29) is 5.41 Å². The lowest BCUT2D eigenvalue weighted by Crippen LogP contribution is -2.43. The van der Waals surface area contributed by atoms with Gasteiger partial charge < -0.3 is 10.7 Å². The first-order valence-corrected chi connectivity index (χ1v) is 8.88. The topological polar surface area (TPSA) is 61.3 Å². The Morgan fingerprint density at radius 2 is 2.08 bits per heavy atom.